The first-order valence-corrected chi connectivity index (χ1v) is 25.7. The van der Waals surface area contributed by atoms with Gasteiger partial charge in [-0.2, -0.15) is 0 Å². The summed E-state index contributed by atoms with van der Waals surface area (Å²) in [7, 11) is 1.29. The van der Waals surface area contributed by atoms with Gasteiger partial charge in [0, 0.05) is 14.2 Å². The smallest absolute Gasteiger partial charge is 0.338 e. The topological polar surface area (TPSA) is 36.9 Å². The quantitative estimate of drug-likeness (QED) is 0.0460. The van der Waals surface area contributed by atoms with Gasteiger partial charge in [-0.15, -0.1) is 0 Å². The SMILES string of the molecule is CCCCCCCCCCCCCCCCCCCC[Si](CCCCCCCCCCCCCCCCCCCC)(OCCOC)OCCOC. The summed E-state index contributed by atoms with van der Waals surface area (Å²) >= 11 is 0. The summed E-state index contributed by atoms with van der Waals surface area (Å²) in [6, 6.07) is 2.25. The van der Waals surface area contributed by atoms with Gasteiger partial charge in [-0.25, -0.2) is 0 Å². The van der Waals surface area contributed by atoms with Crippen LogP contribution >= 0.6 is 0 Å². The normalized spacial score (nSPS) is 12.0. The minimum absolute atomic E-state index is 0.653. The van der Waals surface area contributed by atoms with E-state index in [1.165, 1.54) is 231 Å². The van der Waals surface area contributed by atoms with Crippen molar-refractivity contribution >= 4 is 8.56 Å². The van der Waals surface area contributed by atoms with Gasteiger partial charge in [-0.3, -0.25) is 0 Å². The van der Waals surface area contributed by atoms with Crippen molar-refractivity contribution in [1.29, 1.82) is 0 Å². The van der Waals surface area contributed by atoms with Gasteiger partial charge < -0.3 is 18.3 Å². The van der Waals surface area contributed by atoms with E-state index in [-0.39, 0.29) is 0 Å². The van der Waals surface area contributed by atoms with E-state index in [1.54, 1.807) is 14.2 Å². The van der Waals surface area contributed by atoms with E-state index < -0.39 is 8.56 Å². The Labute approximate surface area is 323 Å². The van der Waals surface area contributed by atoms with Gasteiger partial charge >= 0.3 is 8.56 Å². The van der Waals surface area contributed by atoms with Crippen LogP contribution in [0.4, 0.5) is 0 Å². The van der Waals surface area contributed by atoms with Crippen LogP contribution in [-0.4, -0.2) is 49.2 Å². The van der Waals surface area contributed by atoms with Crippen LogP contribution in [0.1, 0.15) is 245 Å². The first kappa shape index (κ1) is 51.1. The lowest BCUT2D eigenvalue weighted by Crippen LogP contribution is -2.43. The molecule has 0 aliphatic heterocycles. The third-order valence-electron chi connectivity index (χ3n) is 11.1. The van der Waals surface area contributed by atoms with E-state index in [4.69, 9.17) is 18.3 Å². The number of hydrogen-bond acceptors (Lipinski definition) is 4. The highest BCUT2D eigenvalue weighted by molar-refractivity contribution is 6.67. The molecule has 0 spiro atoms. The molecule has 0 bridgehead atoms. The second-order valence-corrected chi connectivity index (χ2v) is 19.5. The Balaban J connectivity index is 4.03. The fourth-order valence-corrected chi connectivity index (χ4v) is 11.1. The van der Waals surface area contributed by atoms with Gasteiger partial charge in [-0.1, -0.05) is 245 Å². The summed E-state index contributed by atoms with van der Waals surface area (Å²) < 4.78 is 24.0. The molecule has 0 atom stereocenters. The van der Waals surface area contributed by atoms with Crippen LogP contribution in [-0.2, 0) is 18.3 Å². The van der Waals surface area contributed by atoms with Crippen molar-refractivity contribution in [2.75, 3.05) is 40.6 Å². The van der Waals surface area contributed by atoms with Gasteiger partial charge in [0.05, 0.1) is 26.4 Å². The zero-order valence-electron chi connectivity index (χ0n) is 35.8. The van der Waals surface area contributed by atoms with Crippen molar-refractivity contribution in [1.82, 2.24) is 0 Å². The average molecular weight is 741 g/mol. The molecule has 0 saturated heterocycles. The molecule has 0 N–H and O–H groups in total. The molecular weight excluding hydrogens is 645 g/mol. The average Bonchev–Trinajstić information content (AvgIpc) is 3.14. The molecule has 0 saturated carbocycles. The monoisotopic (exact) mass is 741 g/mol. The predicted octanol–water partition coefficient (Wildman–Crippen LogP) is 15.8. The van der Waals surface area contributed by atoms with Crippen LogP contribution in [0.5, 0.6) is 0 Å². The van der Waals surface area contributed by atoms with Crippen molar-refractivity contribution in [2.24, 2.45) is 0 Å². The zero-order valence-corrected chi connectivity index (χ0v) is 36.8. The van der Waals surface area contributed by atoms with E-state index in [2.05, 4.69) is 13.8 Å². The summed E-state index contributed by atoms with van der Waals surface area (Å²) in [6.07, 6.45) is 51.0. The molecule has 0 aromatic rings. The maximum Gasteiger partial charge on any atom is 0.338 e. The molecule has 0 amide bonds. The van der Waals surface area contributed by atoms with E-state index in [0.29, 0.717) is 26.4 Å². The third-order valence-corrected chi connectivity index (χ3v) is 14.8. The van der Waals surface area contributed by atoms with Gasteiger partial charge in [-0.05, 0) is 12.1 Å². The number of hydrogen-bond donors (Lipinski definition) is 0. The molecule has 5 heteroatoms. The predicted molar refractivity (Wildman–Crippen MR) is 229 cm³/mol. The molecule has 0 fully saturated rings. The minimum Gasteiger partial charge on any atom is -0.392 e. The maximum atomic E-state index is 6.62. The van der Waals surface area contributed by atoms with Gasteiger partial charge in [0.15, 0.2) is 0 Å². The van der Waals surface area contributed by atoms with E-state index in [0.717, 1.165) is 12.1 Å². The molecule has 0 aliphatic carbocycles. The number of rotatable bonds is 46. The molecule has 4 nitrogen and oxygen atoms in total. The van der Waals surface area contributed by atoms with Gasteiger partial charge in [0.2, 0.25) is 0 Å². The fraction of sp³-hybridized carbons (Fsp3) is 1.00. The zero-order chi connectivity index (χ0) is 37.0. The summed E-state index contributed by atoms with van der Waals surface area (Å²) in [4.78, 5) is 0. The lowest BCUT2D eigenvalue weighted by Gasteiger charge is -2.31. The molecule has 0 aromatic heterocycles. The molecule has 0 heterocycles. The highest BCUT2D eigenvalue weighted by Crippen LogP contribution is 2.27. The number of methoxy groups -OCH3 is 2. The highest BCUT2D eigenvalue weighted by atomic mass is 28.4. The Hall–Kier alpha value is 0.0569. The third kappa shape index (κ3) is 39.6. The first-order chi connectivity index (χ1) is 25.2. The van der Waals surface area contributed by atoms with Crippen LogP contribution in [0.15, 0.2) is 0 Å². The molecule has 0 radical (unpaired) electrons. The Bertz CT molecular complexity index is 566. The molecule has 0 rings (SSSR count). The standard InChI is InChI=1S/C46H96O4Si/c1-5-7-9-11-13-15-17-19-21-23-25-27-29-31-33-35-37-39-45-51(49-43-41-47-3,50-44-42-48-4)46-40-38-36-34-32-30-28-26-24-22-20-18-16-14-12-10-8-6-2/h5-46H2,1-4H3. The van der Waals surface area contributed by atoms with Crippen LogP contribution in [0.25, 0.3) is 0 Å². The number of unbranched alkanes of at least 4 members (excludes halogenated alkanes) is 34. The Morgan fingerprint density at radius 3 is 0.647 bits per heavy atom. The largest absolute Gasteiger partial charge is 0.392 e. The maximum absolute atomic E-state index is 6.62. The Morgan fingerprint density at radius 2 is 0.451 bits per heavy atom. The molecule has 51 heavy (non-hydrogen) atoms. The minimum atomic E-state index is -2.25. The second kappa shape index (κ2) is 44.5. The van der Waals surface area contributed by atoms with Gasteiger partial charge in [0.1, 0.15) is 0 Å². The lowest BCUT2D eigenvalue weighted by atomic mass is 10.0. The van der Waals surface area contributed by atoms with Crippen molar-refractivity contribution in [3.8, 4) is 0 Å². The van der Waals surface area contributed by atoms with E-state index in [1.807, 2.05) is 0 Å². The molecular formula is C46H96O4Si. The second-order valence-electron chi connectivity index (χ2n) is 16.1. The summed E-state index contributed by atoms with van der Waals surface area (Å²) in [6.45, 7) is 7.24. The molecule has 0 aliphatic rings. The van der Waals surface area contributed by atoms with Crippen molar-refractivity contribution in [3.05, 3.63) is 0 Å². The highest BCUT2D eigenvalue weighted by Gasteiger charge is 2.36. The van der Waals surface area contributed by atoms with E-state index >= 15 is 0 Å². The summed E-state index contributed by atoms with van der Waals surface area (Å²) in [5.41, 5.74) is 0. The molecule has 0 aromatic carbocycles. The van der Waals surface area contributed by atoms with Crippen LogP contribution in [0.3, 0.4) is 0 Å². The Kier molecular flexibility index (Phi) is 44.5. The fourth-order valence-electron chi connectivity index (χ4n) is 7.67. The van der Waals surface area contributed by atoms with Crippen LogP contribution in [0, 0.1) is 0 Å². The summed E-state index contributed by atoms with van der Waals surface area (Å²) in [5.74, 6) is 0. The first-order valence-electron chi connectivity index (χ1n) is 23.5. The van der Waals surface area contributed by atoms with E-state index in [9.17, 15) is 0 Å². The van der Waals surface area contributed by atoms with Crippen molar-refractivity contribution in [2.45, 2.75) is 257 Å². The van der Waals surface area contributed by atoms with Crippen molar-refractivity contribution < 1.29 is 18.3 Å². The van der Waals surface area contributed by atoms with Crippen LogP contribution < -0.4 is 0 Å². The number of ether oxygens (including phenoxy) is 2. The molecule has 0 unspecified atom stereocenters. The lowest BCUT2D eigenvalue weighted by molar-refractivity contribution is 0.0849. The van der Waals surface area contributed by atoms with Crippen LogP contribution in [0.2, 0.25) is 12.1 Å². The summed E-state index contributed by atoms with van der Waals surface area (Å²) in [5, 5.41) is 0. The molecule has 308 valence electrons. The van der Waals surface area contributed by atoms with Gasteiger partial charge in [0.25, 0.3) is 0 Å². The van der Waals surface area contributed by atoms with Crippen molar-refractivity contribution in [3.63, 3.8) is 0 Å². The Morgan fingerprint density at radius 1 is 0.255 bits per heavy atom.